The van der Waals surface area contributed by atoms with E-state index >= 15 is 0 Å². The second kappa shape index (κ2) is 22.9. The van der Waals surface area contributed by atoms with Crippen LogP contribution in [0.4, 0.5) is 8.78 Å². The molecule has 0 radical (unpaired) electrons. The number of hydrogen-bond acceptors (Lipinski definition) is 3. The van der Waals surface area contributed by atoms with E-state index in [1.54, 1.807) is 34.9 Å². The van der Waals surface area contributed by atoms with E-state index in [1.807, 2.05) is 48.5 Å². The zero-order valence-electron chi connectivity index (χ0n) is 31.6. The Kier molecular flexibility index (Phi) is 19.2. The molecule has 2 fully saturated rings. The number of carbonyl (C=O) groups is 1. The van der Waals surface area contributed by atoms with Crippen LogP contribution in [0.15, 0.2) is 133 Å². The normalized spacial score (nSPS) is 19.7. The molecule has 7 rings (SSSR count). The number of aldehydes is 1. The lowest BCUT2D eigenvalue weighted by atomic mass is 9.80. The van der Waals surface area contributed by atoms with Crippen molar-refractivity contribution in [3.63, 3.8) is 0 Å². The van der Waals surface area contributed by atoms with Crippen LogP contribution < -0.4 is 34.2 Å². The molecule has 2 heterocycles. The Balaban J connectivity index is 0.000000204. The van der Waals surface area contributed by atoms with E-state index in [0.717, 1.165) is 45.6 Å². The second-order valence-electron chi connectivity index (χ2n) is 13.8. The molecule has 0 aromatic heterocycles. The summed E-state index contributed by atoms with van der Waals surface area (Å²) in [6.07, 6.45) is 6.63. The van der Waals surface area contributed by atoms with Crippen molar-refractivity contribution < 1.29 is 41.8 Å². The van der Waals surface area contributed by atoms with Gasteiger partial charge < -0.3 is 28.2 Å². The predicted octanol–water partition coefficient (Wildman–Crippen LogP) is 5.21. The number of benzene rings is 5. The van der Waals surface area contributed by atoms with Crippen LogP contribution in [0, 0.1) is 11.6 Å². The van der Waals surface area contributed by atoms with E-state index < -0.39 is 7.12 Å². The molecule has 4 nitrogen and oxygen atoms in total. The maximum absolute atomic E-state index is 12.7. The monoisotopic (exact) mass is 789 g/mol. The molecule has 5 aromatic carbocycles. The van der Waals surface area contributed by atoms with Gasteiger partial charge in [0.2, 0.25) is 0 Å². The summed E-state index contributed by atoms with van der Waals surface area (Å²) in [7, 11) is -1.36. The van der Waals surface area contributed by atoms with Gasteiger partial charge in [-0.2, -0.15) is 0 Å². The minimum atomic E-state index is -1.51. The Bertz CT molecular complexity index is 1740. The molecule has 286 valence electrons. The molecule has 0 bridgehead atoms. The fourth-order valence-corrected chi connectivity index (χ4v) is 14.2. The fourth-order valence-electron chi connectivity index (χ4n) is 6.98. The minimum Gasteiger partial charge on any atom is -1.00 e. The van der Waals surface area contributed by atoms with Crippen LogP contribution in [-0.4, -0.2) is 46.1 Å². The van der Waals surface area contributed by atoms with Gasteiger partial charge in [0.25, 0.3) is 0 Å². The standard InChI is InChI=1S/C18H28P2.C13H12FN.C7H6O.C6H6BFO2.ClH/c1-13-9-10-14(2)19(13)17-7-5-6-8-18(17)20-15(3)11-12-16(20)4;14-12-8-6-11(7-9-12)13(15)10-4-2-1-3-5-10;8-6-7-4-2-1-3-5-7;8-6-3-1-5(2-4-6)7(9)10;/h5-8,13-16H,9-12H2,1-4H3;1-9,13H,15H2;1-6H;1-4,9-10H;1H/t13-,14-,15-,16-;;;;/m0..../s1. The number of quaternary nitrogens is 1. The zero-order valence-corrected chi connectivity index (χ0v) is 34.2. The van der Waals surface area contributed by atoms with Crippen LogP contribution in [0.1, 0.15) is 80.9 Å². The zero-order chi connectivity index (χ0) is 38.3. The van der Waals surface area contributed by atoms with Gasteiger partial charge in [-0.25, -0.2) is 8.78 Å². The SMILES string of the molecule is C[C@H]1CC[C@H](C)P1c1ccccc1P1[C@@H](C)CC[C@@H]1C.O=Cc1ccccc1.OB(O)c1ccc(F)cc1.[Cl-].[NH3+]C(c1ccccc1)c1ccc(F)cc1. The maximum atomic E-state index is 12.7. The molecule has 2 aliphatic heterocycles. The first kappa shape index (κ1) is 45.1. The lowest BCUT2D eigenvalue weighted by molar-refractivity contribution is -0.411. The highest BCUT2D eigenvalue weighted by atomic mass is 35.5. The van der Waals surface area contributed by atoms with Gasteiger partial charge in [0.15, 0.2) is 0 Å². The predicted molar refractivity (Wildman–Crippen MR) is 221 cm³/mol. The molecule has 0 spiro atoms. The van der Waals surface area contributed by atoms with Crippen molar-refractivity contribution in [2.24, 2.45) is 0 Å². The van der Waals surface area contributed by atoms with Gasteiger partial charge in [-0.3, -0.25) is 4.79 Å². The second-order valence-corrected chi connectivity index (χ2v) is 19.9. The number of hydrogen-bond donors (Lipinski definition) is 3. The molecule has 2 aliphatic rings. The van der Waals surface area contributed by atoms with Gasteiger partial charge >= 0.3 is 7.12 Å². The minimum absolute atomic E-state index is 0. The van der Waals surface area contributed by atoms with Gasteiger partial charge in [-0.1, -0.05) is 141 Å². The van der Waals surface area contributed by atoms with Crippen molar-refractivity contribution >= 4 is 45.3 Å². The Labute approximate surface area is 329 Å². The van der Waals surface area contributed by atoms with Crippen LogP contribution in [-0.2, 0) is 0 Å². The van der Waals surface area contributed by atoms with E-state index in [9.17, 15) is 13.6 Å². The third kappa shape index (κ3) is 13.2. The Hall–Kier alpha value is -3.28. The van der Waals surface area contributed by atoms with Gasteiger partial charge in [0.05, 0.1) is 0 Å². The van der Waals surface area contributed by atoms with E-state index in [2.05, 4.69) is 57.7 Å². The smallest absolute Gasteiger partial charge is 0.488 e. The number of halogens is 3. The van der Waals surface area contributed by atoms with Crippen molar-refractivity contribution in [3.8, 4) is 0 Å². The Morgan fingerprint density at radius 2 is 0.944 bits per heavy atom. The lowest BCUT2D eigenvalue weighted by Crippen LogP contribution is -3.00. The van der Waals surface area contributed by atoms with Crippen molar-refractivity contribution in [2.75, 3.05) is 0 Å². The molecular formula is C44H53BClF2NO3P2. The topological polar surface area (TPSA) is 85.2 Å². The van der Waals surface area contributed by atoms with Crippen LogP contribution in [0.3, 0.4) is 0 Å². The molecule has 0 amide bonds. The molecule has 10 heteroatoms. The highest BCUT2D eigenvalue weighted by Crippen LogP contribution is 2.58. The van der Waals surface area contributed by atoms with Crippen LogP contribution in [0.2, 0.25) is 0 Å². The fraction of sp³-hybridized carbons (Fsp3) is 0.295. The van der Waals surface area contributed by atoms with Crippen molar-refractivity contribution in [1.82, 2.24) is 0 Å². The highest BCUT2D eigenvalue weighted by molar-refractivity contribution is 7.73. The summed E-state index contributed by atoms with van der Waals surface area (Å²) < 4.78 is 24.9. The maximum Gasteiger partial charge on any atom is 0.488 e. The van der Waals surface area contributed by atoms with Gasteiger partial charge in [0.1, 0.15) is 24.0 Å². The summed E-state index contributed by atoms with van der Waals surface area (Å²) in [5.41, 5.74) is 11.0. The van der Waals surface area contributed by atoms with Gasteiger partial charge in [-0.15, -0.1) is 0 Å². The molecule has 0 saturated carbocycles. The third-order valence-corrected chi connectivity index (χ3v) is 16.8. The molecule has 2 saturated heterocycles. The highest BCUT2D eigenvalue weighted by Gasteiger charge is 2.37. The Morgan fingerprint density at radius 3 is 1.31 bits per heavy atom. The average molecular weight is 790 g/mol. The average Bonchev–Trinajstić information content (AvgIpc) is 3.70. The molecule has 5 atom stereocenters. The molecular weight excluding hydrogens is 737 g/mol. The first-order valence-electron chi connectivity index (χ1n) is 18.4. The van der Waals surface area contributed by atoms with Crippen molar-refractivity contribution in [3.05, 3.63) is 162 Å². The summed E-state index contributed by atoms with van der Waals surface area (Å²) in [5, 5.41) is 20.7. The van der Waals surface area contributed by atoms with Crippen molar-refractivity contribution in [1.29, 1.82) is 0 Å². The van der Waals surface area contributed by atoms with Crippen molar-refractivity contribution in [2.45, 2.75) is 82.1 Å². The van der Waals surface area contributed by atoms with E-state index in [-0.39, 0.29) is 45.9 Å². The van der Waals surface area contributed by atoms with E-state index in [0.29, 0.717) is 5.46 Å². The summed E-state index contributed by atoms with van der Waals surface area (Å²) in [6.45, 7) is 10.0. The van der Waals surface area contributed by atoms with Crippen LogP contribution >= 0.6 is 15.8 Å². The summed E-state index contributed by atoms with van der Waals surface area (Å²) >= 11 is 0. The number of rotatable bonds is 6. The number of carbonyl (C=O) groups excluding carboxylic acids is 1. The first-order chi connectivity index (χ1) is 25.5. The largest absolute Gasteiger partial charge is 1.00 e. The molecule has 0 aliphatic carbocycles. The third-order valence-electron chi connectivity index (χ3n) is 9.92. The van der Waals surface area contributed by atoms with Gasteiger partial charge in [0, 0.05) is 16.7 Å². The molecule has 1 unspecified atom stereocenters. The van der Waals surface area contributed by atoms with Crippen LogP contribution in [0.25, 0.3) is 0 Å². The molecule has 54 heavy (non-hydrogen) atoms. The summed E-state index contributed by atoms with van der Waals surface area (Å²) in [6, 6.07) is 40.2. The summed E-state index contributed by atoms with van der Waals surface area (Å²) in [4.78, 5) is 10.0. The summed E-state index contributed by atoms with van der Waals surface area (Å²) in [5.74, 6) is -0.594. The van der Waals surface area contributed by atoms with E-state index in [4.69, 9.17) is 10.0 Å². The van der Waals surface area contributed by atoms with E-state index in [1.165, 1.54) is 62.1 Å². The Morgan fingerprint density at radius 1 is 0.593 bits per heavy atom. The van der Waals surface area contributed by atoms with Gasteiger partial charge in [-0.05, 0) is 101 Å². The molecule has 5 aromatic rings. The molecule has 5 N–H and O–H groups in total. The lowest BCUT2D eigenvalue weighted by Gasteiger charge is -2.30. The first-order valence-corrected chi connectivity index (χ1v) is 21.4. The quantitative estimate of drug-likeness (QED) is 0.126. The van der Waals surface area contributed by atoms with Crippen LogP contribution in [0.5, 0.6) is 0 Å².